The van der Waals surface area contributed by atoms with Crippen LogP contribution in [0.15, 0.2) is 35.2 Å². The molecule has 200 valence electrons. The van der Waals surface area contributed by atoms with Gasteiger partial charge in [0.15, 0.2) is 23.1 Å². The lowest BCUT2D eigenvalue weighted by atomic mass is 9.83. The molecular formula is C24H22N2O11S. The quantitative estimate of drug-likeness (QED) is 0.254. The number of sulfonamides is 1. The predicted octanol–water partition coefficient (Wildman–Crippen LogP) is 0.318. The van der Waals surface area contributed by atoms with Crippen LogP contribution in [0.1, 0.15) is 51.1 Å². The molecule has 1 atom stereocenters. The number of benzene rings is 2. The van der Waals surface area contributed by atoms with Crippen molar-refractivity contribution in [2.45, 2.75) is 30.2 Å². The van der Waals surface area contributed by atoms with Crippen LogP contribution in [0.4, 0.5) is 0 Å². The van der Waals surface area contributed by atoms with E-state index in [-0.39, 0.29) is 42.6 Å². The minimum Gasteiger partial charge on any atom is -0.504 e. The van der Waals surface area contributed by atoms with Gasteiger partial charge in [0, 0.05) is 35.7 Å². The van der Waals surface area contributed by atoms with Gasteiger partial charge in [-0.25, -0.2) is 13.2 Å². The lowest BCUT2D eigenvalue weighted by molar-refractivity contribution is -0.147. The molecule has 4 rings (SSSR count). The molecule has 2 aromatic rings. The number of ketones is 2. The first kappa shape index (κ1) is 26.8. The minimum atomic E-state index is -4.51. The molecule has 38 heavy (non-hydrogen) atoms. The van der Waals surface area contributed by atoms with E-state index in [0.29, 0.717) is 0 Å². The summed E-state index contributed by atoms with van der Waals surface area (Å²) in [7, 11) is -4.51. The molecule has 0 unspecified atom stereocenters. The number of fused-ring (bicyclic) bond motifs is 2. The molecule has 1 aliphatic carbocycles. The molecule has 0 spiro atoms. The van der Waals surface area contributed by atoms with E-state index in [1.807, 2.05) is 0 Å². The molecule has 2 aromatic carbocycles. The van der Waals surface area contributed by atoms with Gasteiger partial charge < -0.3 is 25.7 Å². The summed E-state index contributed by atoms with van der Waals surface area (Å²) in [6, 6.07) is 4.99. The largest absolute Gasteiger partial charge is 0.504 e. The maximum Gasteiger partial charge on any atom is 0.326 e. The number of carboxylic acid groups (broad SMARTS) is 2. The number of phenols is 2. The van der Waals surface area contributed by atoms with E-state index < -0.39 is 79.8 Å². The molecular weight excluding hydrogens is 524 g/mol. The number of hydrogen-bond acceptors (Lipinski definition) is 9. The summed E-state index contributed by atoms with van der Waals surface area (Å²) in [4.78, 5) is 59.6. The maximum atomic E-state index is 13.4. The van der Waals surface area contributed by atoms with Crippen molar-refractivity contribution in [3.63, 3.8) is 0 Å². The zero-order valence-electron chi connectivity index (χ0n) is 19.6. The first-order chi connectivity index (χ1) is 17.8. The molecule has 1 saturated heterocycles. The SMILES string of the molecule is O=C(O)C[C@H](NC(=O)C1CCN(S(=O)(=O)c2cc3c(c(O)c2O)C(=O)c2ccccc2C3=O)CC1)C(=O)O. The average molecular weight is 547 g/mol. The van der Waals surface area contributed by atoms with Gasteiger partial charge in [0.25, 0.3) is 0 Å². The monoisotopic (exact) mass is 546 g/mol. The molecule has 1 aliphatic heterocycles. The minimum absolute atomic E-state index is 0.00384. The Bertz CT molecular complexity index is 1490. The predicted molar refractivity (Wildman–Crippen MR) is 126 cm³/mol. The number of aliphatic carboxylic acids is 2. The number of piperidine rings is 1. The van der Waals surface area contributed by atoms with Crippen LogP contribution in [-0.2, 0) is 24.4 Å². The Morgan fingerprint density at radius 2 is 1.53 bits per heavy atom. The van der Waals surface area contributed by atoms with Crippen molar-refractivity contribution in [1.29, 1.82) is 0 Å². The summed E-state index contributed by atoms with van der Waals surface area (Å²) in [5, 5.41) is 41.2. The molecule has 0 radical (unpaired) electrons. The van der Waals surface area contributed by atoms with Gasteiger partial charge in [0.1, 0.15) is 10.9 Å². The normalized spacial score (nSPS) is 16.8. The highest BCUT2D eigenvalue weighted by Crippen LogP contribution is 2.43. The van der Waals surface area contributed by atoms with E-state index in [1.165, 1.54) is 24.3 Å². The standard InChI is InChI=1S/C24H22N2O11S/c27-17(28)10-15(24(34)35)25-23(33)11-5-7-26(8-6-11)38(36,37)16-9-14-18(22(32)21(16)31)20(30)13-4-2-1-3-12(13)19(14)29/h1-4,9,11,15,31-32H,5-8,10H2,(H,25,33)(H,27,28)(H,34,35)/t15-/m0/s1. The summed E-state index contributed by atoms with van der Waals surface area (Å²) < 4.78 is 27.6. The van der Waals surface area contributed by atoms with E-state index >= 15 is 0 Å². The van der Waals surface area contributed by atoms with Crippen molar-refractivity contribution in [1.82, 2.24) is 9.62 Å². The molecule has 2 aliphatic rings. The van der Waals surface area contributed by atoms with E-state index in [2.05, 4.69) is 5.32 Å². The lowest BCUT2D eigenvalue weighted by Gasteiger charge is -2.31. The van der Waals surface area contributed by atoms with Crippen LogP contribution >= 0.6 is 0 Å². The Balaban J connectivity index is 1.56. The number of carboxylic acids is 2. The van der Waals surface area contributed by atoms with Crippen molar-refractivity contribution in [3.8, 4) is 11.5 Å². The van der Waals surface area contributed by atoms with Crippen LogP contribution < -0.4 is 5.32 Å². The number of nitrogens with zero attached hydrogens (tertiary/aromatic N) is 1. The summed E-state index contributed by atoms with van der Waals surface area (Å²) >= 11 is 0. The van der Waals surface area contributed by atoms with Gasteiger partial charge in [-0.2, -0.15) is 4.31 Å². The Kier molecular flexibility index (Phi) is 6.95. The number of rotatable bonds is 7. The van der Waals surface area contributed by atoms with Crippen molar-refractivity contribution in [2.75, 3.05) is 13.1 Å². The Morgan fingerprint density at radius 1 is 0.947 bits per heavy atom. The van der Waals surface area contributed by atoms with Gasteiger partial charge in [-0.1, -0.05) is 24.3 Å². The zero-order chi connectivity index (χ0) is 27.9. The summed E-state index contributed by atoms with van der Waals surface area (Å²) in [5.41, 5.74) is -0.859. The van der Waals surface area contributed by atoms with Crippen LogP contribution in [0.5, 0.6) is 11.5 Å². The molecule has 0 bridgehead atoms. The number of aromatic hydroxyl groups is 2. The van der Waals surface area contributed by atoms with Crippen molar-refractivity contribution in [2.24, 2.45) is 5.92 Å². The van der Waals surface area contributed by atoms with Gasteiger partial charge in [0.2, 0.25) is 15.9 Å². The number of carbonyl (C=O) groups excluding carboxylic acids is 3. The van der Waals surface area contributed by atoms with Gasteiger partial charge in [-0.05, 0) is 18.9 Å². The second-order valence-electron chi connectivity index (χ2n) is 8.87. The third kappa shape index (κ3) is 4.59. The van der Waals surface area contributed by atoms with Crippen LogP contribution in [0.3, 0.4) is 0 Å². The smallest absolute Gasteiger partial charge is 0.326 e. The molecule has 1 amide bonds. The fourth-order valence-corrected chi connectivity index (χ4v) is 6.14. The fraction of sp³-hybridized carbons (Fsp3) is 0.292. The van der Waals surface area contributed by atoms with Crippen LogP contribution in [-0.4, -0.2) is 81.7 Å². The highest BCUT2D eigenvalue weighted by Gasteiger charge is 2.40. The van der Waals surface area contributed by atoms with Crippen LogP contribution in [0, 0.1) is 5.92 Å². The maximum absolute atomic E-state index is 13.4. The highest BCUT2D eigenvalue weighted by molar-refractivity contribution is 7.89. The number of carbonyl (C=O) groups is 5. The fourth-order valence-electron chi connectivity index (χ4n) is 4.56. The number of amides is 1. The topological polar surface area (TPSA) is 216 Å². The molecule has 5 N–H and O–H groups in total. The number of hydrogen-bond donors (Lipinski definition) is 5. The second kappa shape index (κ2) is 9.87. The third-order valence-corrected chi connectivity index (χ3v) is 8.48. The van der Waals surface area contributed by atoms with Gasteiger partial charge in [0.05, 0.1) is 12.0 Å². The third-order valence-electron chi connectivity index (χ3n) is 6.56. The molecule has 1 fully saturated rings. The van der Waals surface area contributed by atoms with Gasteiger partial charge >= 0.3 is 11.9 Å². The number of phenolic OH excluding ortho intramolecular Hbond substituents is 2. The average Bonchev–Trinajstić information content (AvgIpc) is 2.88. The Morgan fingerprint density at radius 3 is 2.08 bits per heavy atom. The molecule has 0 saturated carbocycles. The highest BCUT2D eigenvalue weighted by atomic mass is 32.2. The summed E-state index contributed by atoms with van der Waals surface area (Å²) in [6.45, 7) is -0.464. The zero-order valence-corrected chi connectivity index (χ0v) is 20.4. The first-order valence-corrected chi connectivity index (χ1v) is 12.8. The van der Waals surface area contributed by atoms with Crippen molar-refractivity contribution >= 4 is 39.4 Å². The van der Waals surface area contributed by atoms with Crippen LogP contribution in [0.2, 0.25) is 0 Å². The lowest BCUT2D eigenvalue weighted by Crippen LogP contribution is -2.48. The van der Waals surface area contributed by atoms with E-state index in [4.69, 9.17) is 10.2 Å². The molecule has 0 aromatic heterocycles. The van der Waals surface area contributed by atoms with Gasteiger partial charge in [-0.15, -0.1) is 0 Å². The Hall–Kier alpha value is -4.30. The van der Waals surface area contributed by atoms with E-state index in [1.54, 1.807) is 0 Å². The molecule has 14 heteroatoms. The molecule has 1 heterocycles. The van der Waals surface area contributed by atoms with Gasteiger partial charge in [-0.3, -0.25) is 19.2 Å². The second-order valence-corrected chi connectivity index (χ2v) is 10.8. The van der Waals surface area contributed by atoms with E-state index in [0.717, 1.165) is 10.4 Å². The first-order valence-electron chi connectivity index (χ1n) is 11.4. The molecule has 13 nitrogen and oxygen atoms in total. The van der Waals surface area contributed by atoms with Crippen LogP contribution in [0.25, 0.3) is 0 Å². The van der Waals surface area contributed by atoms with E-state index in [9.17, 15) is 42.6 Å². The Labute approximate surface area is 215 Å². The number of nitrogens with one attached hydrogen (secondary N) is 1. The van der Waals surface area contributed by atoms with Crippen molar-refractivity contribution in [3.05, 3.63) is 52.6 Å². The van der Waals surface area contributed by atoms with Crippen molar-refractivity contribution < 1.29 is 52.8 Å². The summed E-state index contributed by atoms with van der Waals surface area (Å²) in [5.74, 6) is -8.09. The summed E-state index contributed by atoms with van der Waals surface area (Å²) in [6.07, 6.45) is -0.930.